The van der Waals surface area contributed by atoms with Gasteiger partial charge in [0.15, 0.2) is 0 Å². The molecular weight excluding hydrogens is 220 g/mol. The van der Waals surface area contributed by atoms with Gasteiger partial charge in [-0.1, -0.05) is 0 Å². The Kier molecular flexibility index (Phi) is 4.14. The molecule has 0 aliphatic carbocycles. The molecule has 5 heteroatoms. The van der Waals surface area contributed by atoms with Crippen LogP contribution in [0.1, 0.15) is 40.5 Å². The molecule has 17 heavy (non-hydrogen) atoms. The Labute approximate surface area is 102 Å². The largest absolute Gasteiger partial charge is 0.459 e. The maximum absolute atomic E-state index is 12.0. The average molecular weight is 242 g/mol. The molecule has 0 saturated carbocycles. The van der Waals surface area contributed by atoms with Crippen LogP contribution in [0.2, 0.25) is 0 Å². The molecule has 1 rings (SSSR count). The van der Waals surface area contributed by atoms with Crippen LogP contribution in [-0.4, -0.2) is 41.0 Å². The standard InChI is InChI=1S/C12H22N2O3/c1-8(10(13)15)14-7-5-6-9(14)11(16)17-12(2,3)4/h8-9H,5-7H2,1-4H3,(H2,13,15)/t8?,9-/m0/s1. The third-order valence-corrected chi connectivity index (χ3v) is 2.88. The van der Waals surface area contributed by atoms with Gasteiger partial charge in [0, 0.05) is 0 Å². The zero-order valence-electron chi connectivity index (χ0n) is 11.0. The van der Waals surface area contributed by atoms with E-state index in [-0.39, 0.29) is 12.0 Å². The summed E-state index contributed by atoms with van der Waals surface area (Å²) in [6, 6.07) is -0.758. The van der Waals surface area contributed by atoms with Crippen LogP contribution < -0.4 is 5.73 Å². The van der Waals surface area contributed by atoms with Gasteiger partial charge in [-0.2, -0.15) is 0 Å². The molecule has 5 nitrogen and oxygen atoms in total. The van der Waals surface area contributed by atoms with E-state index >= 15 is 0 Å². The summed E-state index contributed by atoms with van der Waals surface area (Å²) in [7, 11) is 0. The molecule has 0 aromatic rings. The summed E-state index contributed by atoms with van der Waals surface area (Å²) in [4.78, 5) is 25.0. The second-order valence-electron chi connectivity index (χ2n) is 5.51. The van der Waals surface area contributed by atoms with Gasteiger partial charge in [-0.25, -0.2) is 0 Å². The van der Waals surface area contributed by atoms with Gasteiger partial charge in [-0.05, 0) is 47.1 Å². The Bertz CT molecular complexity index is 309. The van der Waals surface area contributed by atoms with Crippen molar-refractivity contribution in [2.75, 3.05) is 6.54 Å². The number of primary amides is 1. The van der Waals surface area contributed by atoms with E-state index in [0.29, 0.717) is 6.54 Å². The van der Waals surface area contributed by atoms with Crippen LogP contribution >= 0.6 is 0 Å². The fraction of sp³-hybridized carbons (Fsp3) is 0.833. The van der Waals surface area contributed by atoms with Crippen molar-refractivity contribution < 1.29 is 14.3 Å². The van der Waals surface area contributed by atoms with Gasteiger partial charge in [0.2, 0.25) is 5.91 Å². The first-order chi connectivity index (χ1) is 7.72. The quantitative estimate of drug-likeness (QED) is 0.738. The molecule has 1 aliphatic heterocycles. The monoisotopic (exact) mass is 242 g/mol. The van der Waals surface area contributed by atoms with Crippen LogP contribution in [0.5, 0.6) is 0 Å². The van der Waals surface area contributed by atoms with E-state index in [4.69, 9.17) is 10.5 Å². The molecule has 1 fully saturated rings. The summed E-state index contributed by atoms with van der Waals surface area (Å²) in [5.41, 5.74) is 4.77. The molecule has 1 heterocycles. The normalized spacial score (nSPS) is 23.4. The Balaban J connectivity index is 2.69. The van der Waals surface area contributed by atoms with Crippen LogP contribution in [0.15, 0.2) is 0 Å². The molecule has 2 atom stereocenters. The number of likely N-dealkylation sites (tertiary alicyclic amines) is 1. The number of hydrogen-bond acceptors (Lipinski definition) is 4. The van der Waals surface area contributed by atoms with Crippen molar-refractivity contribution in [1.82, 2.24) is 4.90 Å². The van der Waals surface area contributed by atoms with Gasteiger partial charge >= 0.3 is 5.97 Å². The van der Waals surface area contributed by atoms with Gasteiger partial charge in [0.25, 0.3) is 0 Å². The number of hydrogen-bond donors (Lipinski definition) is 1. The van der Waals surface area contributed by atoms with E-state index in [1.165, 1.54) is 0 Å². The van der Waals surface area contributed by atoms with Crippen LogP contribution in [0, 0.1) is 0 Å². The Hall–Kier alpha value is -1.10. The number of nitrogens with two attached hydrogens (primary N) is 1. The van der Waals surface area contributed by atoms with Crippen molar-refractivity contribution in [3.63, 3.8) is 0 Å². The molecule has 98 valence electrons. The fourth-order valence-corrected chi connectivity index (χ4v) is 2.04. The zero-order valence-corrected chi connectivity index (χ0v) is 11.0. The number of amides is 1. The summed E-state index contributed by atoms with van der Waals surface area (Å²) in [5, 5.41) is 0. The summed E-state index contributed by atoms with van der Waals surface area (Å²) >= 11 is 0. The lowest BCUT2D eigenvalue weighted by atomic mass is 10.1. The van der Waals surface area contributed by atoms with Crippen molar-refractivity contribution in [1.29, 1.82) is 0 Å². The van der Waals surface area contributed by atoms with Crippen LogP contribution in [0.3, 0.4) is 0 Å². The first-order valence-electron chi connectivity index (χ1n) is 6.00. The lowest BCUT2D eigenvalue weighted by Crippen LogP contribution is -2.49. The first kappa shape index (κ1) is 14.0. The van der Waals surface area contributed by atoms with Gasteiger partial charge in [-0.3, -0.25) is 14.5 Å². The maximum Gasteiger partial charge on any atom is 0.323 e. The number of carbonyl (C=O) groups excluding carboxylic acids is 2. The predicted octanol–water partition coefficient (Wildman–Crippen LogP) is 0.666. The number of nitrogens with zero attached hydrogens (tertiary/aromatic N) is 1. The van der Waals surface area contributed by atoms with Crippen LogP contribution in [0.4, 0.5) is 0 Å². The Morgan fingerprint density at radius 3 is 2.47 bits per heavy atom. The highest BCUT2D eigenvalue weighted by molar-refractivity contribution is 5.82. The minimum absolute atomic E-state index is 0.261. The number of rotatable bonds is 3. The summed E-state index contributed by atoms with van der Waals surface area (Å²) in [5.74, 6) is -0.663. The molecule has 1 unspecified atom stereocenters. The van der Waals surface area contributed by atoms with E-state index < -0.39 is 17.6 Å². The summed E-state index contributed by atoms with van der Waals surface area (Å²) in [6.07, 6.45) is 1.62. The fourth-order valence-electron chi connectivity index (χ4n) is 2.04. The zero-order chi connectivity index (χ0) is 13.2. The molecule has 2 N–H and O–H groups in total. The van der Waals surface area contributed by atoms with Gasteiger partial charge in [0.05, 0.1) is 6.04 Å². The Morgan fingerprint density at radius 1 is 1.41 bits per heavy atom. The molecule has 1 aliphatic rings. The molecular formula is C12H22N2O3. The molecule has 0 bridgehead atoms. The van der Waals surface area contributed by atoms with Gasteiger partial charge in [-0.15, -0.1) is 0 Å². The van der Waals surface area contributed by atoms with Crippen LogP contribution in [0.25, 0.3) is 0 Å². The van der Waals surface area contributed by atoms with Gasteiger partial charge in [0.1, 0.15) is 11.6 Å². The second kappa shape index (κ2) is 5.04. The SMILES string of the molecule is CC(C(N)=O)N1CCC[C@H]1C(=O)OC(C)(C)C. The third-order valence-electron chi connectivity index (χ3n) is 2.88. The van der Waals surface area contributed by atoms with E-state index in [1.807, 2.05) is 25.7 Å². The van der Waals surface area contributed by atoms with Crippen molar-refractivity contribution in [3.8, 4) is 0 Å². The lowest BCUT2D eigenvalue weighted by molar-refractivity contribution is -0.161. The third kappa shape index (κ3) is 3.70. The molecule has 0 spiro atoms. The van der Waals surface area contributed by atoms with Crippen molar-refractivity contribution in [2.45, 2.75) is 58.2 Å². The molecule has 0 aromatic heterocycles. The molecule has 0 radical (unpaired) electrons. The topological polar surface area (TPSA) is 72.6 Å². The number of ether oxygens (including phenoxy) is 1. The van der Waals surface area contributed by atoms with E-state index in [9.17, 15) is 9.59 Å². The minimum Gasteiger partial charge on any atom is -0.459 e. The van der Waals surface area contributed by atoms with Crippen LogP contribution in [-0.2, 0) is 14.3 Å². The summed E-state index contributed by atoms with van der Waals surface area (Å²) < 4.78 is 5.35. The lowest BCUT2D eigenvalue weighted by Gasteiger charge is -2.29. The first-order valence-corrected chi connectivity index (χ1v) is 6.00. The Morgan fingerprint density at radius 2 is 2.00 bits per heavy atom. The molecule has 0 aromatic carbocycles. The number of carbonyl (C=O) groups is 2. The minimum atomic E-state index is -0.499. The highest BCUT2D eigenvalue weighted by Crippen LogP contribution is 2.23. The molecule has 1 amide bonds. The molecule has 1 saturated heterocycles. The number of esters is 1. The van der Waals surface area contributed by atoms with E-state index in [2.05, 4.69) is 0 Å². The highest BCUT2D eigenvalue weighted by atomic mass is 16.6. The second-order valence-corrected chi connectivity index (χ2v) is 5.51. The van der Waals surface area contributed by atoms with Crippen molar-refractivity contribution >= 4 is 11.9 Å². The predicted molar refractivity (Wildman–Crippen MR) is 64.2 cm³/mol. The smallest absolute Gasteiger partial charge is 0.323 e. The average Bonchev–Trinajstić information content (AvgIpc) is 2.61. The van der Waals surface area contributed by atoms with E-state index in [0.717, 1.165) is 12.8 Å². The van der Waals surface area contributed by atoms with Crippen molar-refractivity contribution in [2.24, 2.45) is 5.73 Å². The highest BCUT2D eigenvalue weighted by Gasteiger charge is 2.37. The maximum atomic E-state index is 12.0. The van der Waals surface area contributed by atoms with Crippen molar-refractivity contribution in [3.05, 3.63) is 0 Å². The van der Waals surface area contributed by atoms with E-state index in [1.54, 1.807) is 6.92 Å². The van der Waals surface area contributed by atoms with Gasteiger partial charge < -0.3 is 10.5 Å². The summed E-state index contributed by atoms with van der Waals surface area (Å²) in [6.45, 7) is 7.95.